The van der Waals surface area contributed by atoms with Gasteiger partial charge in [-0.3, -0.25) is 4.79 Å². The summed E-state index contributed by atoms with van der Waals surface area (Å²) in [4.78, 5) is 14.3. The second-order valence-corrected chi connectivity index (χ2v) is 5.75. The second-order valence-electron chi connectivity index (χ2n) is 5.75. The third kappa shape index (κ3) is 2.81. The van der Waals surface area contributed by atoms with Gasteiger partial charge in [-0.15, -0.1) is 0 Å². The van der Waals surface area contributed by atoms with Crippen LogP contribution in [0.15, 0.2) is 47.3 Å². The molecule has 0 bridgehead atoms. The second kappa shape index (κ2) is 6.54. The Morgan fingerprint density at radius 2 is 1.62 bits per heavy atom. The summed E-state index contributed by atoms with van der Waals surface area (Å²) in [5.74, 6) is -0.385. The van der Waals surface area contributed by atoms with E-state index in [1.807, 2.05) is 19.1 Å². The van der Waals surface area contributed by atoms with Gasteiger partial charge in [-0.05, 0) is 41.3 Å². The van der Waals surface area contributed by atoms with Crippen LogP contribution in [0, 0.1) is 35.4 Å². The minimum Gasteiger partial charge on any atom is -0.384 e. The van der Waals surface area contributed by atoms with Crippen LogP contribution in [-0.4, -0.2) is 4.98 Å². The van der Waals surface area contributed by atoms with E-state index in [1.165, 1.54) is 12.1 Å². The number of hydrogen-bond acceptors (Lipinski definition) is 4. The van der Waals surface area contributed by atoms with Gasteiger partial charge in [-0.25, -0.2) is 4.39 Å². The van der Waals surface area contributed by atoms with Crippen molar-refractivity contribution in [3.63, 3.8) is 0 Å². The molecule has 0 spiro atoms. The zero-order chi connectivity index (χ0) is 18.8. The average Bonchev–Trinajstić information content (AvgIpc) is 2.61. The lowest BCUT2D eigenvalue weighted by molar-refractivity contribution is 0.627. The summed E-state index contributed by atoms with van der Waals surface area (Å²) in [7, 11) is 0. The van der Waals surface area contributed by atoms with Gasteiger partial charge in [0.05, 0.1) is 0 Å². The maximum Gasteiger partial charge on any atom is 0.268 e. The molecule has 0 radical (unpaired) electrons. The molecule has 0 atom stereocenters. The summed E-state index contributed by atoms with van der Waals surface area (Å²) in [6.07, 6.45) is 0. The molecule has 0 saturated carbocycles. The number of nitrogens with two attached hydrogens (primary N) is 1. The number of aryl methyl sites for hydroxylation is 1. The van der Waals surface area contributed by atoms with Crippen LogP contribution in [0.1, 0.15) is 16.7 Å². The number of rotatable bonds is 2. The number of nitrogens with one attached hydrogen (secondary N) is 1. The predicted octanol–water partition coefficient (Wildman–Crippen LogP) is 3.48. The highest BCUT2D eigenvalue weighted by Gasteiger charge is 2.18. The fraction of sp³-hybridized carbons (Fsp3) is 0.0500. The van der Waals surface area contributed by atoms with Gasteiger partial charge in [0.15, 0.2) is 0 Å². The summed E-state index contributed by atoms with van der Waals surface area (Å²) < 4.78 is 13.3. The van der Waals surface area contributed by atoms with Gasteiger partial charge in [0.1, 0.15) is 34.9 Å². The molecule has 0 unspecified atom stereocenters. The molecule has 0 saturated heterocycles. The summed E-state index contributed by atoms with van der Waals surface area (Å²) in [5, 5.41) is 18.7. The minimum absolute atomic E-state index is 0.0480. The van der Waals surface area contributed by atoms with E-state index in [9.17, 15) is 19.7 Å². The highest BCUT2D eigenvalue weighted by Crippen LogP contribution is 2.31. The van der Waals surface area contributed by atoms with E-state index in [1.54, 1.807) is 30.3 Å². The van der Waals surface area contributed by atoms with E-state index in [-0.39, 0.29) is 28.3 Å². The van der Waals surface area contributed by atoms with Crippen molar-refractivity contribution in [2.24, 2.45) is 0 Å². The summed E-state index contributed by atoms with van der Waals surface area (Å²) >= 11 is 0. The molecule has 2 aromatic carbocycles. The number of hydrogen-bond donors (Lipinski definition) is 2. The highest BCUT2D eigenvalue weighted by molar-refractivity contribution is 5.81. The van der Waals surface area contributed by atoms with Gasteiger partial charge < -0.3 is 10.7 Å². The third-order valence-electron chi connectivity index (χ3n) is 4.14. The molecule has 0 aliphatic rings. The molecule has 3 rings (SSSR count). The molecule has 1 heterocycles. The quantitative estimate of drug-likeness (QED) is 0.742. The van der Waals surface area contributed by atoms with E-state index in [2.05, 4.69) is 4.98 Å². The number of aromatic nitrogens is 1. The van der Waals surface area contributed by atoms with Crippen LogP contribution in [0.5, 0.6) is 0 Å². The van der Waals surface area contributed by atoms with Crippen LogP contribution in [0.3, 0.4) is 0 Å². The Balaban J connectivity index is 2.18. The molecule has 26 heavy (non-hydrogen) atoms. The molecule has 3 N–H and O–H groups in total. The molecule has 3 aromatic rings. The lowest BCUT2D eigenvalue weighted by Crippen LogP contribution is -2.16. The van der Waals surface area contributed by atoms with Crippen LogP contribution in [0.25, 0.3) is 22.3 Å². The standard InChI is InChI=1S/C20H13FN4O/c1-11-8-14(21)6-7-15(11)12-2-4-13(5-3-12)18-16(9-22)19(24)25-20(26)17(18)10-23/h2-8H,1H3,(H3,24,25,26). The van der Waals surface area contributed by atoms with Crippen molar-refractivity contribution in [3.05, 3.63) is 75.3 Å². The first-order valence-electron chi connectivity index (χ1n) is 7.69. The van der Waals surface area contributed by atoms with Crippen LogP contribution in [0.2, 0.25) is 0 Å². The first kappa shape index (κ1) is 16.9. The molecule has 0 aliphatic carbocycles. The van der Waals surface area contributed by atoms with Gasteiger partial charge >= 0.3 is 0 Å². The number of pyridine rings is 1. The van der Waals surface area contributed by atoms with E-state index in [0.29, 0.717) is 5.56 Å². The zero-order valence-electron chi connectivity index (χ0n) is 13.8. The largest absolute Gasteiger partial charge is 0.384 e. The summed E-state index contributed by atoms with van der Waals surface area (Å²) in [6.45, 7) is 1.81. The van der Waals surface area contributed by atoms with Gasteiger partial charge in [-0.2, -0.15) is 10.5 Å². The van der Waals surface area contributed by atoms with E-state index in [4.69, 9.17) is 5.73 Å². The number of aromatic amines is 1. The van der Waals surface area contributed by atoms with E-state index >= 15 is 0 Å². The maximum absolute atomic E-state index is 13.3. The molecule has 0 amide bonds. The van der Waals surface area contributed by atoms with Crippen molar-refractivity contribution in [2.45, 2.75) is 6.92 Å². The van der Waals surface area contributed by atoms with Crippen LogP contribution in [-0.2, 0) is 0 Å². The third-order valence-corrected chi connectivity index (χ3v) is 4.14. The van der Waals surface area contributed by atoms with Crippen LogP contribution in [0.4, 0.5) is 10.2 Å². The normalized spacial score (nSPS) is 10.2. The highest BCUT2D eigenvalue weighted by atomic mass is 19.1. The monoisotopic (exact) mass is 344 g/mol. The number of nitriles is 2. The Bertz CT molecular complexity index is 1150. The fourth-order valence-electron chi connectivity index (χ4n) is 2.90. The minimum atomic E-state index is -0.641. The van der Waals surface area contributed by atoms with Crippen molar-refractivity contribution in [3.8, 4) is 34.4 Å². The summed E-state index contributed by atoms with van der Waals surface area (Å²) in [6, 6.07) is 15.3. The first-order valence-corrected chi connectivity index (χ1v) is 7.69. The molecule has 5 nitrogen and oxygen atoms in total. The van der Waals surface area contributed by atoms with E-state index in [0.717, 1.165) is 16.7 Å². The topological polar surface area (TPSA) is 106 Å². The van der Waals surface area contributed by atoms with Gasteiger partial charge in [0, 0.05) is 5.56 Å². The average molecular weight is 344 g/mol. The van der Waals surface area contributed by atoms with E-state index < -0.39 is 5.56 Å². The molecule has 126 valence electrons. The number of anilines is 1. The number of halogens is 1. The Morgan fingerprint density at radius 1 is 1.00 bits per heavy atom. The molecule has 0 fully saturated rings. The van der Waals surface area contributed by atoms with Crippen molar-refractivity contribution in [2.75, 3.05) is 5.73 Å². The number of H-pyrrole nitrogens is 1. The van der Waals surface area contributed by atoms with Crippen LogP contribution >= 0.6 is 0 Å². The molecule has 0 aliphatic heterocycles. The van der Waals surface area contributed by atoms with Gasteiger partial charge in [0.25, 0.3) is 5.56 Å². The zero-order valence-corrected chi connectivity index (χ0v) is 13.8. The van der Waals surface area contributed by atoms with Crippen molar-refractivity contribution in [1.82, 2.24) is 4.98 Å². The summed E-state index contributed by atoms with van der Waals surface area (Å²) in [5.41, 5.74) is 8.20. The smallest absolute Gasteiger partial charge is 0.268 e. The van der Waals surface area contributed by atoms with Crippen molar-refractivity contribution < 1.29 is 4.39 Å². The Kier molecular flexibility index (Phi) is 4.26. The predicted molar refractivity (Wildman–Crippen MR) is 96.5 cm³/mol. The number of nitrogen functional groups attached to an aromatic ring is 1. The molecular weight excluding hydrogens is 331 g/mol. The molecule has 6 heteroatoms. The Labute approximate surface area is 148 Å². The maximum atomic E-state index is 13.3. The lowest BCUT2D eigenvalue weighted by atomic mass is 9.94. The molecule has 1 aromatic heterocycles. The van der Waals surface area contributed by atoms with Gasteiger partial charge in [-0.1, -0.05) is 30.3 Å². The number of nitrogens with zero attached hydrogens (tertiary/aromatic N) is 2. The Morgan fingerprint density at radius 3 is 2.19 bits per heavy atom. The SMILES string of the molecule is Cc1cc(F)ccc1-c1ccc(-c2c(C#N)c(N)[nH]c(=O)c2C#N)cc1. The van der Waals surface area contributed by atoms with Crippen LogP contribution < -0.4 is 11.3 Å². The van der Waals surface area contributed by atoms with Crippen molar-refractivity contribution >= 4 is 5.82 Å². The number of benzene rings is 2. The van der Waals surface area contributed by atoms with Crippen molar-refractivity contribution in [1.29, 1.82) is 10.5 Å². The first-order chi connectivity index (χ1) is 12.5. The Hall–Kier alpha value is -3.90. The van der Waals surface area contributed by atoms with Gasteiger partial charge in [0.2, 0.25) is 0 Å². The molecular formula is C20H13FN4O. The fourth-order valence-corrected chi connectivity index (χ4v) is 2.90. The lowest BCUT2D eigenvalue weighted by Gasteiger charge is -2.11.